The number of halogens is 1. The van der Waals surface area contributed by atoms with E-state index in [4.69, 9.17) is 31.3 Å². The van der Waals surface area contributed by atoms with E-state index in [1.54, 1.807) is 0 Å². The minimum Gasteiger partial charge on any atom is -0.396 e. The van der Waals surface area contributed by atoms with Crippen LogP contribution in [0.25, 0.3) is 0 Å². The van der Waals surface area contributed by atoms with Crippen LogP contribution in [0.15, 0.2) is 0 Å². The lowest BCUT2D eigenvalue weighted by atomic mass is 9.92. The highest BCUT2D eigenvalue weighted by atomic mass is 35.5. The Balaban J connectivity index is 2.42. The summed E-state index contributed by atoms with van der Waals surface area (Å²) in [5.41, 5.74) is -0.650. The van der Waals surface area contributed by atoms with E-state index in [9.17, 15) is 0 Å². The summed E-state index contributed by atoms with van der Waals surface area (Å²) in [6.45, 7) is 0.297. The second kappa shape index (κ2) is 4.39. The number of hydrogen-bond donors (Lipinski definition) is 2. The molecule has 12 heavy (non-hydrogen) atoms. The third kappa shape index (κ3) is 2.08. The molecule has 0 aromatic heterocycles. The lowest BCUT2D eigenvalue weighted by molar-refractivity contribution is -0.234. The Morgan fingerprint density at radius 1 is 1.25 bits per heavy atom. The number of rotatable bonds is 3. The molecule has 0 aliphatic carbocycles. The van der Waals surface area contributed by atoms with Crippen LogP contribution < -0.4 is 0 Å². The predicted octanol–water partition coefficient (Wildman–Crippen LogP) is -0.431. The van der Waals surface area contributed by atoms with E-state index in [2.05, 4.69) is 0 Å². The Morgan fingerprint density at radius 2 is 1.75 bits per heavy atom. The molecule has 2 N–H and O–H groups in total. The minimum atomic E-state index is -0.650. The van der Waals surface area contributed by atoms with Gasteiger partial charge in [0.05, 0.1) is 37.7 Å². The molecule has 4 nitrogen and oxygen atoms in total. The largest absolute Gasteiger partial charge is 0.396 e. The summed E-state index contributed by atoms with van der Waals surface area (Å²) in [6, 6.07) is 0. The fourth-order valence-corrected chi connectivity index (χ4v) is 1.13. The maximum Gasteiger partial charge on any atom is 0.171 e. The van der Waals surface area contributed by atoms with Crippen molar-refractivity contribution in [3.05, 3.63) is 0 Å². The van der Waals surface area contributed by atoms with Crippen molar-refractivity contribution >= 4 is 11.6 Å². The summed E-state index contributed by atoms with van der Waals surface area (Å²) < 4.78 is 10.3. The molecular formula is C7H13ClO4. The zero-order chi connectivity index (χ0) is 9.03. The van der Waals surface area contributed by atoms with Gasteiger partial charge in [0.2, 0.25) is 0 Å². The van der Waals surface area contributed by atoms with Crippen molar-refractivity contribution in [2.75, 3.05) is 32.3 Å². The smallest absolute Gasteiger partial charge is 0.171 e. The molecule has 1 saturated heterocycles. The van der Waals surface area contributed by atoms with Gasteiger partial charge in [-0.1, -0.05) is 0 Å². The van der Waals surface area contributed by atoms with Gasteiger partial charge in [-0.25, -0.2) is 0 Å². The molecule has 0 radical (unpaired) electrons. The Morgan fingerprint density at radius 3 is 2.08 bits per heavy atom. The van der Waals surface area contributed by atoms with E-state index in [1.807, 2.05) is 0 Å². The van der Waals surface area contributed by atoms with Gasteiger partial charge < -0.3 is 19.7 Å². The van der Waals surface area contributed by atoms with Crippen LogP contribution in [0, 0.1) is 5.41 Å². The van der Waals surface area contributed by atoms with Crippen molar-refractivity contribution in [1.82, 2.24) is 0 Å². The lowest BCUT2D eigenvalue weighted by Gasteiger charge is -2.36. The molecule has 1 aliphatic heterocycles. The van der Waals surface area contributed by atoms with Crippen molar-refractivity contribution in [3.63, 3.8) is 0 Å². The van der Waals surface area contributed by atoms with Crippen molar-refractivity contribution in [1.29, 1.82) is 0 Å². The van der Waals surface area contributed by atoms with Gasteiger partial charge in [-0.05, 0) is 0 Å². The molecule has 0 spiro atoms. The van der Waals surface area contributed by atoms with Crippen molar-refractivity contribution in [3.8, 4) is 0 Å². The van der Waals surface area contributed by atoms with E-state index in [0.717, 1.165) is 0 Å². The SMILES string of the molecule is OCC1(CO)COC(CCl)OC1. The zero-order valence-electron chi connectivity index (χ0n) is 6.70. The minimum absolute atomic E-state index is 0.140. The molecule has 1 heterocycles. The fourth-order valence-electron chi connectivity index (χ4n) is 0.951. The molecule has 1 rings (SSSR count). The molecule has 1 aliphatic rings. The molecular weight excluding hydrogens is 184 g/mol. The van der Waals surface area contributed by atoms with Gasteiger partial charge in [-0.2, -0.15) is 0 Å². The molecule has 72 valence electrons. The average molecular weight is 197 g/mol. The summed E-state index contributed by atoms with van der Waals surface area (Å²) in [7, 11) is 0. The van der Waals surface area contributed by atoms with E-state index in [0.29, 0.717) is 0 Å². The Labute approximate surface area is 76.0 Å². The van der Waals surface area contributed by atoms with E-state index < -0.39 is 11.7 Å². The fraction of sp³-hybridized carbons (Fsp3) is 1.00. The Bertz CT molecular complexity index is 127. The van der Waals surface area contributed by atoms with Crippen LogP contribution in [-0.4, -0.2) is 48.8 Å². The first-order chi connectivity index (χ1) is 5.76. The van der Waals surface area contributed by atoms with Crippen LogP contribution in [0.3, 0.4) is 0 Å². The number of alkyl halides is 1. The van der Waals surface area contributed by atoms with Crippen LogP contribution in [-0.2, 0) is 9.47 Å². The number of aliphatic hydroxyl groups excluding tert-OH is 2. The Hall–Kier alpha value is 0.130. The molecule has 0 unspecified atom stereocenters. The third-order valence-electron chi connectivity index (χ3n) is 1.95. The second-order valence-corrected chi connectivity index (χ2v) is 3.33. The first-order valence-electron chi connectivity index (χ1n) is 3.77. The normalized spacial score (nSPS) is 24.2. The molecule has 0 amide bonds. The van der Waals surface area contributed by atoms with Crippen molar-refractivity contribution < 1.29 is 19.7 Å². The van der Waals surface area contributed by atoms with Gasteiger partial charge in [0.15, 0.2) is 6.29 Å². The third-order valence-corrected chi connectivity index (χ3v) is 2.20. The molecule has 1 fully saturated rings. The zero-order valence-corrected chi connectivity index (χ0v) is 7.46. The van der Waals surface area contributed by atoms with Crippen molar-refractivity contribution in [2.45, 2.75) is 6.29 Å². The molecule has 0 aromatic carbocycles. The van der Waals surface area contributed by atoms with Crippen LogP contribution in [0.1, 0.15) is 0 Å². The molecule has 0 aromatic rings. The van der Waals surface area contributed by atoms with Gasteiger partial charge in [0, 0.05) is 0 Å². The van der Waals surface area contributed by atoms with Crippen molar-refractivity contribution in [2.24, 2.45) is 5.41 Å². The van der Waals surface area contributed by atoms with Gasteiger partial charge in [-0.15, -0.1) is 11.6 Å². The van der Waals surface area contributed by atoms with Crippen LogP contribution in [0.2, 0.25) is 0 Å². The number of aliphatic hydroxyl groups is 2. The van der Waals surface area contributed by atoms with Gasteiger partial charge in [0.1, 0.15) is 0 Å². The highest BCUT2D eigenvalue weighted by molar-refractivity contribution is 6.18. The van der Waals surface area contributed by atoms with E-state index >= 15 is 0 Å². The maximum absolute atomic E-state index is 8.95. The molecule has 0 atom stereocenters. The molecule has 0 bridgehead atoms. The van der Waals surface area contributed by atoms with E-state index in [1.165, 1.54) is 0 Å². The average Bonchev–Trinajstić information content (AvgIpc) is 2.18. The lowest BCUT2D eigenvalue weighted by Crippen LogP contribution is -2.47. The van der Waals surface area contributed by atoms with Gasteiger partial charge in [-0.3, -0.25) is 0 Å². The van der Waals surface area contributed by atoms with Crippen LogP contribution in [0.4, 0.5) is 0 Å². The number of ether oxygens (including phenoxy) is 2. The summed E-state index contributed by atoms with van der Waals surface area (Å²) in [6.07, 6.45) is -0.405. The van der Waals surface area contributed by atoms with Gasteiger partial charge in [0.25, 0.3) is 0 Å². The highest BCUT2D eigenvalue weighted by Gasteiger charge is 2.35. The van der Waals surface area contributed by atoms with E-state index in [-0.39, 0.29) is 32.3 Å². The Kier molecular flexibility index (Phi) is 3.74. The topological polar surface area (TPSA) is 58.9 Å². The molecule has 5 heteroatoms. The predicted molar refractivity (Wildman–Crippen MR) is 43.0 cm³/mol. The molecule has 0 saturated carbocycles. The second-order valence-electron chi connectivity index (χ2n) is 3.02. The van der Waals surface area contributed by atoms with Gasteiger partial charge >= 0.3 is 0 Å². The maximum atomic E-state index is 8.95. The summed E-state index contributed by atoms with van der Waals surface area (Å²) >= 11 is 5.48. The first-order valence-corrected chi connectivity index (χ1v) is 4.31. The summed E-state index contributed by atoms with van der Waals surface area (Å²) in [4.78, 5) is 0. The van der Waals surface area contributed by atoms with Crippen LogP contribution in [0.5, 0.6) is 0 Å². The summed E-state index contributed by atoms with van der Waals surface area (Å²) in [5.74, 6) is 0.271. The monoisotopic (exact) mass is 196 g/mol. The quantitative estimate of drug-likeness (QED) is 0.602. The standard InChI is InChI=1S/C7H13ClO4/c8-1-6-11-4-7(2-9,3-10)5-12-6/h6,9-10H,1-5H2. The van der Waals surface area contributed by atoms with Crippen LogP contribution >= 0.6 is 11.6 Å². The first kappa shape index (κ1) is 10.2. The number of hydrogen-bond acceptors (Lipinski definition) is 4. The highest BCUT2D eigenvalue weighted by Crippen LogP contribution is 2.23. The summed E-state index contributed by atoms with van der Waals surface area (Å²) in [5, 5.41) is 17.9.